The Morgan fingerprint density at radius 2 is 1.74 bits per heavy atom. The molecule has 0 aromatic heterocycles. The highest BCUT2D eigenvalue weighted by atomic mass is 16.6. The third kappa shape index (κ3) is 7.12. The van der Waals surface area contributed by atoms with Crippen molar-refractivity contribution >= 4 is 17.7 Å². The first-order valence-corrected chi connectivity index (χ1v) is 8.34. The van der Waals surface area contributed by atoms with Crippen LogP contribution >= 0.6 is 0 Å². The van der Waals surface area contributed by atoms with Gasteiger partial charge in [0.25, 0.3) is 0 Å². The first-order valence-electron chi connectivity index (χ1n) is 8.34. The molecule has 2 rings (SSSR count). The van der Waals surface area contributed by atoms with Crippen molar-refractivity contribution in [1.82, 2.24) is 10.2 Å². The van der Waals surface area contributed by atoms with Crippen molar-refractivity contribution in [1.29, 1.82) is 0 Å². The maximum atomic E-state index is 11.7. The number of Topliss-reactive ketones (excluding diaryl/α,β-unsaturated/α-hetero) is 2. The van der Waals surface area contributed by atoms with Gasteiger partial charge in [0.1, 0.15) is 17.2 Å². The van der Waals surface area contributed by atoms with Gasteiger partial charge in [-0.1, -0.05) is 13.8 Å². The van der Waals surface area contributed by atoms with Crippen LogP contribution in [0.25, 0.3) is 0 Å². The molecule has 0 bridgehead atoms. The van der Waals surface area contributed by atoms with Gasteiger partial charge >= 0.3 is 6.09 Å². The van der Waals surface area contributed by atoms with Crippen LogP contribution in [0.4, 0.5) is 4.79 Å². The van der Waals surface area contributed by atoms with Gasteiger partial charge in [0.15, 0.2) is 0 Å². The second-order valence-electron chi connectivity index (χ2n) is 7.37. The molecule has 1 amide bonds. The van der Waals surface area contributed by atoms with Crippen LogP contribution in [0.5, 0.6) is 0 Å². The van der Waals surface area contributed by atoms with Crippen LogP contribution in [0.1, 0.15) is 47.5 Å². The lowest BCUT2D eigenvalue weighted by Gasteiger charge is -2.32. The number of hydrogen-bond donors (Lipinski definition) is 1. The minimum absolute atomic E-state index is 0.0636. The van der Waals surface area contributed by atoms with Crippen LogP contribution in [0, 0.1) is 11.8 Å². The molecule has 0 aromatic rings. The largest absolute Gasteiger partial charge is 0.444 e. The number of likely N-dealkylation sites (tertiary alicyclic amines) is 1. The van der Waals surface area contributed by atoms with Gasteiger partial charge in [-0.05, 0) is 20.8 Å². The van der Waals surface area contributed by atoms with E-state index < -0.39 is 5.60 Å². The van der Waals surface area contributed by atoms with E-state index in [1.165, 1.54) is 0 Å². The zero-order valence-electron chi connectivity index (χ0n) is 15.0. The number of amides is 1. The van der Waals surface area contributed by atoms with E-state index in [1.807, 2.05) is 34.6 Å². The van der Waals surface area contributed by atoms with Crippen LogP contribution in [0.3, 0.4) is 0 Å². The van der Waals surface area contributed by atoms with Gasteiger partial charge < -0.3 is 15.0 Å². The lowest BCUT2D eigenvalue weighted by molar-refractivity contribution is -0.125. The molecule has 2 fully saturated rings. The topological polar surface area (TPSA) is 75.7 Å². The van der Waals surface area contributed by atoms with Crippen molar-refractivity contribution in [3.8, 4) is 0 Å². The molecular formula is C17H30N2O4. The average Bonchev–Trinajstić information content (AvgIpc) is 2.44. The number of nitrogens with one attached hydrogen (secondary N) is 1. The molecular weight excluding hydrogens is 296 g/mol. The van der Waals surface area contributed by atoms with E-state index in [1.54, 1.807) is 4.90 Å². The Morgan fingerprint density at radius 3 is 2.17 bits per heavy atom. The minimum Gasteiger partial charge on any atom is -0.444 e. The highest BCUT2D eigenvalue weighted by Gasteiger charge is 2.29. The van der Waals surface area contributed by atoms with Crippen molar-refractivity contribution < 1.29 is 19.1 Å². The Bertz CT molecular complexity index is 442. The van der Waals surface area contributed by atoms with Crippen LogP contribution < -0.4 is 5.32 Å². The van der Waals surface area contributed by atoms with Crippen LogP contribution in [0.15, 0.2) is 0 Å². The smallest absolute Gasteiger partial charge is 0.410 e. The summed E-state index contributed by atoms with van der Waals surface area (Å²) < 4.78 is 5.24. The monoisotopic (exact) mass is 326 g/mol. The number of carbonyl (C=O) groups is 3. The average molecular weight is 326 g/mol. The van der Waals surface area contributed by atoms with Gasteiger partial charge in [0.05, 0.1) is 0 Å². The van der Waals surface area contributed by atoms with Gasteiger partial charge in [-0.25, -0.2) is 4.79 Å². The molecule has 2 aliphatic rings. The quantitative estimate of drug-likeness (QED) is 0.737. The summed E-state index contributed by atoms with van der Waals surface area (Å²) in [6.07, 6.45) is 0.850. The minimum atomic E-state index is -0.470. The molecule has 6 heteroatoms. The number of ketones is 2. The summed E-state index contributed by atoms with van der Waals surface area (Å²) in [7, 11) is 0. The summed E-state index contributed by atoms with van der Waals surface area (Å²) in [5.41, 5.74) is -0.470. The highest BCUT2D eigenvalue weighted by Crippen LogP contribution is 2.16. The second kappa shape index (κ2) is 8.43. The van der Waals surface area contributed by atoms with E-state index in [0.717, 1.165) is 19.5 Å². The molecule has 2 unspecified atom stereocenters. The van der Waals surface area contributed by atoms with E-state index in [4.69, 9.17) is 4.74 Å². The maximum absolute atomic E-state index is 11.7. The second-order valence-corrected chi connectivity index (χ2v) is 7.37. The lowest BCUT2D eigenvalue weighted by Crippen LogP contribution is -2.45. The number of hydrogen-bond acceptors (Lipinski definition) is 5. The number of carbonyl (C=O) groups excluding carboxylic acids is 3. The third-order valence-corrected chi connectivity index (χ3v) is 3.87. The molecule has 2 heterocycles. The Labute approximate surface area is 138 Å². The molecule has 1 N–H and O–H groups in total. The zero-order chi connectivity index (χ0) is 17.6. The summed E-state index contributed by atoms with van der Waals surface area (Å²) in [6.45, 7) is 12.0. The van der Waals surface area contributed by atoms with Crippen molar-refractivity contribution in [2.45, 2.75) is 53.1 Å². The molecule has 0 aliphatic carbocycles. The summed E-state index contributed by atoms with van der Waals surface area (Å²) in [5, 5.41) is 3.14. The predicted octanol–water partition coefficient (Wildman–Crippen LogP) is 2.02. The predicted molar refractivity (Wildman–Crippen MR) is 88.3 cm³/mol. The molecule has 0 spiro atoms. The molecule has 2 saturated heterocycles. The Kier molecular flexibility index (Phi) is 7.19. The molecule has 0 saturated carbocycles. The fourth-order valence-corrected chi connectivity index (χ4v) is 2.40. The molecule has 0 radical (unpaired) electrons. The fourth-order valence-electron chi connectivity index (χ4n) is 2.40. The van der Waals surface area contributed by atoms with Gasteiger partial charge in [0, 0.05) is 50.9 Å². The summed E-state index contributed by atoms with van der Waals surface area (Å²) in [5.74, 6) is 0.827. The Hall–Kier alpha value is -1.43. The van der Waals surface area contributed by atoms with E-state index in [0.29, 0.717) is 25.3 Å². The van der Waals surface area contributed by atoms with Crippen molar-refractivity contribution in [3.05, 3.63) is 0 Å². The van der Waals surface area contributed by atoms with Crippen LogP contribution in [0.2, 0.25) is 0 Å². The third-order valence-electron chi connectivity index (χ3n) is 3.87. The standard InChI is InChI=1S/C11H19NO3.C6H11NO/c1-8-7-12(6-5-9(8)13)10(14)15-11(2,3)4;1-5-4-7-3-2-6(5)8/h8H,5-7H2,1-4H3;5,7H,2-4H2,1H3. The first kappa shape index (κ1) is 19.6. The van der Waals surface area contributed by atoms with Gasteiger partial charge in [-0.15, -0.1) is 0 Å². The zero-order valence-corrected chi connectivity index (χ0v) is 15.0. The molecule has 23 heavy (non-hydrogen) atoms. The fraction of sp³-hybridized carbons (Fsp3) is 0.824. The summed E-state index contributed by atoms with van der Waals surface area (Å²) >= 11 is 0. The normalized spacial score (nSPS) is 25.5. The number of nitrogens with zero attached hydrogens (tertiary/aromatic N) is 1. The van der Waals surface area contributed by atoms with E-state index in [-0.39, 0.29) is 23.7 Å². The van der Waals surface area contributed by atoms with Crippen LogP contribution in [-0.2, 0) is 14.3 Å². The molecule has 2 atom stereocenters. The van der Waals surface area contributed by atoms with Crippen molar-refractivity contribution in [2.24, 2.45) is 11.8 Å². The lowest BCUT2D eigenvalue weighted by atomic mass is 9.99. The van der Waals surface area contributed by atoms with Gasteiger partial charge in [-0.3, -0.25) is 9.59 Å². The van der Waals surface area contributed by atoms with Crippen molar-refractivity contribution in [2.75, 3.05) is 26.2 Å². The van der Waals surface area contributed by atoms with Crippen molar-refractivity contribution in [3.63, 3.8) is 0 Å². The SMILES string of the molecule is CC1CN(C(=O)OC(C)(C)C)CCC1=O.CC1CNCCC1=O. The van der Waals surface area contributed by atoms with E-state index in [2.05, 4.69) is 5.32 Å². The summed E-state index contributed by atoms with van der Waals surface area (Å²) in [4.78, 5) is 35.3. The molecule has 2 aliphatic heterocycles. The molecule has 6 nitrogen and oxygen atoms in total. The first-order chi connectivity index (χ1) is 10.6. The Balaban J connectivity index is 0.000000277. The van der Waals surface area contributed by atoms with E-state index in [9.17, 15) is 14.4 Å². The summed E-state index contributed by atoms with van der Waals surface area (Å²) in [6, 6.07) is 0. The highest BCUT2D eigenvalue weighted by molar-refractivity contribution is 5.83. The molecule has 132 valence electrons. The number of rotatable bonds is 0. The number of piperidine rings is 2. The maximum Gasteiger partial charge on any atom is 0.410 e. The van der Waals surface area contributed by atoms with Gasteiger partial charge in [-0.2, -0.15) is 0 Å². The molecule has 0 aromatic carbocycles. The number of ether oxygens (including phenoxy) is 1. The van der Waals surface area contributed by atoms with E-state index >= 15 is 0 Å². The Morgan fingerprint density at radius 1 is 1.13 bits per heavy atom. The van der Waals surface area contributed by atoms with Crippen LogP contribution in [-0.4, -0.2) is 54.3 Å². The van der Waals surface area contributed by atoms with Gasteiger partial charge in [0.2, 0.25) is 0 Å².